The van der Waals surface area contributed by atoms with Crippen LogP contribution in [0, 0.1) is 0 Å². The molecule has 1 N–H and O–H groups in total. The van der Waals surface area contributed by atoms with Crippen molar-refractivity contribution in [2.75, 3.05) is 16.8 Å². The van der Waals surface area contributed by atoms with Crippen LogP contribution in [0.25, 0.3) is 0 Å². The molecule has 0 saturated carbocycles. The van der Waals surface area contributed by atoms with E-state index in [0.717, 1.165) is 36.5 Å². The topological polar surface area (TPSA) is 58.4 Å². The normalized spacial score (nSPS) is 13.4. The van der Waals surface area contributed by atoms with Gasteiger partial charge in [0.25, 0.3) is 5.91 Å². The molecular formula is C20H19N3O2. The van der Waals surface area contributed by atoms with Gasteiger partial charge in [0, 0.05) is 24.6 Å². The van der Waals surface area contributed by atoms with Gasteiger partial charge in [0.2, 0.25) is 0 Å². The Hall–Kier alpha value is -3.08. The number of benzene rings is 1. The number of carbonyl (C=O) groups is 1. The van der Waals surface area contributed by atoms with E-state index in [1.165, 1.54) is 5.56 Å². The van der Waals surface area contributed by atoms with Gasteiger partial charge in [-0.2, -0.15) is 0 Å². The zero-order chi connectivity index (χ0) is 17.1. The first kappa shape index (κ1) is 15.4. The van der Waals surface area contributed by atoms with Gasteiger partial charge < -0.3 is 14.6 Å². The highest BCUT2D eigenvalue weighted by Gasteiger charge is 2.23. The highest BCUT2D eigenvalue weighted by Crippen LogP contribution is 2.28. The number of aryl methyl sites for hydroxylation is 1. The van der Waals surface area contributed by atoms with Gasteiger partial charge in [-0.1, -0.05) is 18.2 Å². The third-order valence-electron chi connectivity index (χ3n) is 4.39. The molecule has 5 nitrogen and oxygen atoms in total. The Bertz CT molecular complexity index is 874. The van der Waals surface area contributed by atoms with Gasteiger partial charge in [0.15, 0.2) is 0 Å². The van der Waals surface area contributed by atoms with Crippen LogP contribution in [0.4, 0.5) is 11.4 Å². The van der Waals surface area contributed by atoms with Crippen LogP contribution in [0.15, 0.2) is 65.5 Å². The summed E-state index contributed by atoms with van der Waals surface area (Å²) in [5.41, 5.74) is 3.61. The fourth-order valence-electron chi connectivity index (χ4n) is 3.16. The minimum Gasteiger partial charge on any atom is -0.467 e. The zero-order valence-electron chi connectivity index (χ0n) is 13.8. The number of pyridine rings is 1. The molecule has 25 heavy (non-hydrogen) atoms. The largest absolute Gasteiger partial charge is 0.467 e. The minimum absolute atomic E-state index is 0.0127. The van der Waals surface area contributed by atoms with E-state index in [2.05, 4.69) is 16.4 Å². The molecule has 1 amide bonds. The van der Waals surface area contributed by atoms with Gasteiger partial charge >= 0.3 is 0 Å². The fourth-order valence-corrected chi connectivity index (χ4v) is 3.16. The van der Waals surface area contributed by atoms with Crippen molar-refractivity contribution in [3.8, 4) is 0 Å². The smallest absolute Gasteiger partial charge is 0.259 e. The van der Waals surface area contributed by atoms with Crippen LogP contribution in [0.3, 0.4) is 0 Å². The zero-order valence-corrected chi connectivity index (χ0v) is 13.8. The first-order valence-electron chi connectivity index (χ1n) is 8.42. The van der Waals surface area contributed by atoms with Gasteiger partial charge in [0.05, 0.1) is 24.1 Å². The molecule has 0 fully saturated rings. The molecule has 1 aromatic carbocycles. The molecule has 0 radical (unpaired) electrons. The number of nitrogens with one attached hydrogen (secondary N) is 1. The van der Waals surface area contributed by atoms with Gasteiger partial charge in [-0.3, -0.25) is 9.78 Å². The van der Waals surface area contributed by atoms with E-state index in [9.17, 15) is 4.79 Å². The van der Waals surface area contributed by atoms with E-state index in [-0.39, 0.29) is 5.91 Å². The lowest BCUT2D eigenvalue weighted by molar-refractivity contribution is 0.0985. The molecule has 5 heteroatoms. The molecule has 0 bridgehead atoms. The number of hydrogen-bond donors (Lipinski definition) is 1. The molecule has 1 aliphatic rings. The molecule has 0 unspecified atom stereocenters. The number of anilines is 2. The molecule has 2 aromatic heterocycles. The van der Waals surface area contributed by atoms with Crippen LogP contribution >= 0.6 is 0 Å². The first-order valence-corrected chi connectivity index (χ1v) is 8.42. The Kier molecular flexibility index (Phi) is 4.21. The van der Waals surface area contributed by atoms with Crippen molar-refractivity contribution in [2.45, 2.75) is 19.4 Å². The highest BCUT2D eigenvalue weighted by molar-refractivity contribution is 6.07. The highest BCUT2D eigenvalue weighted by atomic mass is 16.3. The molecule has 0 atom stereocenters. The predicted octanol–water partition coefficient (Wildman–Crippen LogP) is 3.88. The summed E-state index contributed by atoms with van der Waals surface area (Å²) in [6.45, 7) is 1.29. The van der Waals surface area contributed by atoms with Crippen molar-refractivity contribution < 1.29 is 9.21 Å². The molecule has 126 valence electrons. The molecule has 3 aromatic rings. The summed E-state index contributed by atoms with van der Waals surface area (Å²) in [6.07, 6.45) is 6.97. The number of carbonyl (C=O) groups excluding carboxylic acids is 1. The first-order chi connectivity index (χ1) is 12.3. The molecule has 0 saturated heterocycles. The summed E-state index contributed by atoms with van der Waals surface area (Å²) in [5, 5.41) is 3.24. The maximum Gasteiger partial charge on any atom is 0.259 e. The van der Waals surface area contributed by atoms with Gasteiger partial charge in [-0.05, 0) is 42.7 Å². The lowest BCUT2D eigenvalue weighted by Crippen LogP contribution is -2.35. The van der Waals surface area contributed by atoms with Crippen molar-refractivity contribution in [2.24, 2.45) is 0 Å². The number of hydrogen-bond acceptors (Lipinski definition) is 4. The van der Waals surface area contributed by atoms with Crippen LogP contribution in [-0.4, -0.2) is 17.4 Å². The minimum atomic E-state index is -0.0127. The summed E-state index contributed by atoms with van der Waals surface area (Å²) in [7, 11) is 0. The summed E-state index contributed by atoms with van der Waals surface area (Å²) in [5.74, 6) is 0.822. The average Bonchev–Trinajstić information content (AvgIpc) is 3.19. The molecule has 0 spiro atoms. The van der Waals surface area contributed by atoms with E-state index >= 15 is 0 Å². The number of aromatic nitrogens is 1. The number of furan rings is 1. The Morgan fingerprint density at radius 3 is 3.00 bits per heavy atom. The molecular weight excluding hydrogens is 314 g/mol. The maximum atomic E-state index is 13.0. The second-order valence-electron chi connectivity index (χ2n) is 6.08. The maximum absolute atomic E-state index is 13.0. The molecule has 0 aliphatic carbocycles. The third-order valence-corrected chi connectivity index (χ3v) is 4.39. The summed E-state index contributed by atoms with van der Waals surface area (Å²) >= 11 is 0. The Morgan fingerprint density at radius 1 is 1.20 bits per heavy atom. The quantitative estimate of drug-likeness (QED) is 0.787. The molecule has 3 heterocycles. The summed E-state index contributed by atoms with van der Waals surface area (Å²) in [4.78, 5) is 19.1. The van der Waals surface area contributed by atoms with E-state index in [1.54, 1.807) is 18.7 Å². The number of amides is 1. The molecule has 4 rings (SSSR count). The van der Waals surface area contributed by atoms with Gasteiger partial charge in [-0.25, -0.2) is 0 Å². The lowest BCUT2D eigenvalue weighted by Gasteiger charge is -2.29. The monoisotopic (exact) mass is 333 g/mol. The third kappa shape index (κ3) is 3.26. The summed E-state index contributed by atoms with van der Waals surface area (Å²) < 4.78 is 5.31. The number of nitrogens with zero attached hydrogens (tertiary/aromatic N) is 2. The van der Waals surface area contributed by atoms with E-state index in [0.29, 0.717) is 12.1 Å². The van der Waals surface area contributed by atoms with Crippen LogP contribution < -0.4 is 10.2 Å². The lowest BCUT2D eigenvalue weighted by atomic mass is 10.0. The van der Waals surface area contributed by atoms with Crippen molar-refractivity contribution in [1.82, 2.24) is 4.98 Å². The number of fused-ring (bicyclic) bond motifs is 1. The average molecular weight is 333 g/mol. The van der Waals surface area contributed by atoms with Gasteiger partial charge in [-0.15, -0.1) is 0 Å². The van der Waals surface area contributed by atoms with E-state index in [1.807, 2.05) is 41.3 Å². The predicted molar refractivity (Wildman–Crippen MR) is 96.7 cm³/mol. The second-order valence-corrected chi connectivity index (χ2v) is 6.08. The number of para-hydroxylation sites is 1. The number of rotatable bonds is 4. The van der Waals surface area contributed by atoms with Crippen molar-refractivity contribution >= 4 is 17.3 Å². The van der Waals surface area contributed by atoms with Gasteiger partial charge in [0.1, 0.15) is 5.76 Å². The fraction of sp³-hybridized carbons (Fsp3) is 0.200. The standard InChI is InChI=1S/C20H19N3O2/c24-20(23-9-3-6-15-5-1-2-8-19(15)23)16-11-17(13-21-12-16)22-14-18-7-4-10-25-18/h1-2,4-5,7-8,10-13,22H,3,6,9,14H2. The Balaban J connectivity index is 1.54. The Morgan fingerprint density at radius 2 is 2.12 bits per heavy atom. The van der Waals surface area contributed by atoms with Crippen LogP contribution in [0.5, 0.6) is 0 Å². The van der Waals surface area contributed by atoms with Crippen LogP contribution in [0.2, 0.25) is 0 Å². The summed E-state index contributed by atoms with van der Waals surface area (Å²) in [6, 6.07) is 13.7. The van der Waals surface area contributed by atoms with Crippen molar-refractivity contribution in [1.29, 1.82) is 0 Å². The Labute approximate surface area is 146 Å². The second kappa shape index (κ2) is 6.81. The SMILES string of the molecule is O=C(c1cncc(NCc2ccco2)c1)N1CCCc2ccccc21. The van der Waals surface area contributed by atoms with E-state index < -0.39 is 0 Å². The van der Waals surface area contributed by atoms with Crippen molar-refractivity contribution in [3.63, 3.8) is 0 Å². The van der Waals surface area contributed by atoms with Crippen LogP contribution in [0.1, 0.15) is 28.1 Å². The van der Waals surface area contributed by atoms with E-state index in [4.69, 9.17) is 4.42 Å². The van der Waals surface area contributed by atoms with Crippen LogP contribution in [-0.2, 0) is 13.0 Å². The van der Waals surface area contributed by atoms with Crippen molar-refractivity contribution in [3.05, 3.63) is 78.0 Å². The molecule has 1 aliphatic heterocycles.